The Morgan fingerprint density at radius 2 is 1.92 bits per heavy atom. The van der Waals surface area contributed by atoms with E-state index in [1.807, 2.05) is 10.7 Å². The standard InChI is InChI=1S/C18H15F3N4O/c1-2-11-7-8-23-16-15(24-25(17(11)16)13-9-22-10-13)12-3-5-14(6-4-12)26-18(19,20)21/h2-8,13,22H,1,9-10H2. The Morgan fingerprint density at radius 3 is 2.50 bits per heavy atom. The fraction of sp³-hybridized carbons (Fsp3) is 0.222. The number of benzene rings is 1. The molecule has 0 radical (unpaired) electrons. The van der Waals surface area contributed by atoms with Gasteiger partial charge in [-0.15, -0.1) is 13.2 Å². The number of fused-ring (bicyclic) bond motifs is 1. The average Bonchev–Trinajstić information content (AvgIpc) is 2.92. The van der Waals surface area contributed by atoms with E-state index in [2.05, 4.69) is 21.6 Å². The number of nitrogens with zero attached hydrogens (tertiary/aromatic N) is 3. The molecule has 4 rings (SSSR count). The molecule has 0 saturated carbocycles. The lowest BCUT2D eigenvalue weighted by molar-refractivity contribution is -0.274. The first-order chi connectivity index (χ1) is 12.5. The molecule has 0 atom stereocenters. The van der Waals surface area contributed by atoms with Crippen LogP contribution in [0, 0.1) is 0 Å². The van der Waals surface area contributed by atoms with E-state index in [0.717, 1.165) is 24.2 Å². The average molecular weight is 360 g/mol. The van der Waals surface area contributed by atoms with E-state index in [9.17, 15) is 13.2 Å². The van der Waals surface area contributed by atoms with Crippen LogP contribution in [0.5, 0.6) is 5.75 Å². The molecule has 1 aliphatic heterocycles. The van der Waals surface area contributed by atoms with Crippen molar-refractivity contribution < 1.29 is 17.9 Å². The van der Waals surface area contributed by atoms with Crippen molar-refractivity contribution in [3.05, 3.63) is 48.7 Å². The molecule has 1 saturated heterocycles. The number of aromatic nitrogens is 3. The molecule has 8 heteroatoms. The van der Waals surface area contributed by atoms with E-state index < -0.39 is 6.36 Å². The minimum absolute atomic E-state index is 0.210. The zero-order chi connectivity index (χ0) is 18.3. The largest absolute Gasteiger partial charge is 0.573 e. The lowest BCUT2D eigenvalue weighted by atomic mass is 10.1. The second-order valence-electron chi connectivity index (χ2n) is 5.98. The molecule has 0 bridgehead atoms. The topological polar surface area (TPSA) is 52.0 Å². The number of hydrogen-bond donors (Lipinski definition) is 1. The third kappa shape index (κ3) is 2.92. The van der Waals surface area contributed by atoms with Gasteiger partial charge < -0.3 is 10.1 Å². The van der Waals surface area contributed by atoms with Crippen LogP contribution in [0.4, 0.5) is 13.2 Å². The maximum absolute atomic E-state index is 12.3. The molecule has 0 amide bonds. The highest BCUT2D eigenvalue weighted by atomic mass is 19.4. The Morgan fingerprint density at radius 1 is 1.19 bits per heavy atom. The summed E-state index contributed by atoms with van der Waals surface area (Å²) < 4.78 is 42.8. The van der Waals surface area contributed by atoms with E-state index in [4.69, 9.17) is 5.10 Å². The van der Waals surface area contributed by atoms with Crippen LogP contribution in [-0.2, 0) is 0 Å². The molecule has 1 aliphatic rings. The number of halogens is 3. The van der Waals surface area contributed by atoms with Gasteiger partial charge in [0.25, 0.3) is 0 Å². The fourth-order valence-electron chi connectivity index (χ4n) is 2.97. The Labute approximate surface area is 147 Å². The Bertz CT molecular complexity index is 959. The fourth-order valence-corrected chi connectivity index (χ4v) is 2.97. The molecular formula is C18H15F3N4O. The second-order valence-corrected chi connectivity index (χ2v) is 5.98. The lowest BCUT2D eigenvalue weighted by Crippen LogP contribution is -2.43. The summed E-state index contributed by atoms with van der Waals surface area (Å²) in [5.41, 5.74) is 3.77. The van der Waals surface area contributed by atoms with E-state index in [0.29, 0.717) is 16.8 Å². The number of pyridine rings is 1. The summed E-state index contributed by atoms with van der Waals surface area (Å²) in [5.74, 6) is -0.270. The summed E-state index contributed by atoms with van der Waals surface area (Å²) in [4.78, 5) is 4.45. The predicted molar refractivity (Wildman–Crippen MR) is 91.6 cm³/mol. The molecule has 3 aromatic rings. The van der Waals surface area contributed by atoms with Gasteiger partial charge in [0.1, 0.15) is 17.0 Å². The molecule has 0 aliphatic carbocycles. The Balaban J connectivity index is 1.80. The molecule has 0 spiro atoms. The molecule has 0 unspecified atom stereocenters. The van der Waals surface area contributed by atoms with Gasteiger partial charge in [-0.2, -0.15) is 5.10 Å². The molecule has 1 fully saturated rings. The number of ether oxygens (including phenoxy) is 1. The van der Waals surface area contributed by atoms with Crippen molar-refractivity contribution in [2.24, 2.45) is 0 Å². The molecule has 26 heavy (non-hydrogen) atoms. The number of nitrogens with one attached hydrogen (secondary N) is 1. The van der Waals surface area contributed by atoms with Crippen LogP contribution in [-0.4, -0.2) is 34.2 Å². The third-order valence-electron chi connectivity index (χ3n) is 4.30. The molecule has 1 aromatic carbocycles. The van der Waals surface area contributed by atoms with E-state index >= 15 is 0 Å². The highest BCUT2D eigenvalue weighted by Gasteiger charge is 2.31. The van der Waals surface area contributed by atoms with Crippen LogP contribution in [0.25, 0.3) is 28.4 Å². The Hall–Kier alpha value is -2.87. The van der Waals surface area contributed by atoms with Crippen molar-refractivity contribution >= 4 is 17.1 Å². The maximum atomic E-state index is 12.3. The molecule has 1 N–H and O–H groups in total. The van der Waals surface area contributed by atoms with Crippen LogP contribution >= 0.6 is 0 Å². The van der Waals surface area contributed by atoms with Crippen molar-refractivity contribution in [2.45, 2.75) is 12.4 Å². The number of alkyl halides is 3. The van der Waals surface area contributed by atoms with Gasteiger partial charge >= 0.3 is 6.36 Å². The molecule has 134 valence electrons. The summed E-state index contributed by atoms with van der Waals surface area (Å²) in [6.07, 6.45) is -1.29. The van der Waals surface area contributed by atoms with E-state index in [-0.39, 0.29) is 11.8 Å². The van der Waals surface area contributed by atoms with Gasteiger partial charge in [0.05, 0.1) is 11.6 Å². The van der Waals surface area contributed by atoms with Crippen LogP contribution in [0.15, 0.2) is 43.1 Å². The SMILES string of the molecule is C=Cc1ccnc2c(-c3ccc(OC(F)(F)F)cc3)nn(C3CNC3)c12. The summed E-state index contributed by atoms with van der Waals surface area (Å²) in [7, 11) is 0. The second kappa shape index (κ2) is 6.14. The zero-order valence-electron chi connectivity index (χ0n) is 13.6. The van der Waals surface area contributed by atoms with Crippen molar-refractivity contribution in [1.82, 2.24) is 20.1 Å². The van der Waals surface area contributed by atoms with Crippen LogP contribution in [0.3, 0.4) is 0 Å². The maximum Gasteiger partial charge on any atom is 0.573 e. The van der Waals surface area contributed by atoms with Crippen molar-refractivity contribution in [2.75, 3.05) is 13.1 Å². The first kappa shape index (κ1) is 16.6. The smallest absolute Gasteiger partial charge is 0.406 e. The van der Waals surface area contributed by atoms with Gasteiger partial charge in [0.15, 0.2) is 0 Å². The van der Waals surface area contributed by atoms with Crippen molar-refractivity contribution in [3.8, 4) is 17.0 Å². The Kier molecular flexibility index (Phi) is 3.91. The van der Waals surface area contributed by atoms with Gasteiger partial charge in [0.2, 0.25) is 0 Å². The van der Waals surface area contributed by atoms with Gasteiger partial charge in [0, 0.05) is 30.4 Å². The van der Waals surface area contributed by atoms with Gasteiger partial charge in [-0.3, -0.25) is 9.67 Å². The zero-order valence-corrected chi connectivity index (χ0v) is 13.6. The van der Waals surface area contributed by atoms with Crippen LogP contribution in [0.2, 0.25) is 0 Å². The highest BCUT2D eigenvalue weighted by Crippen LogP contribution is 2.33. The van der Waals surface area contributed by atoms with Crippen LogP contribution in [0.1, 0.15) is 11.6 Å². The molecule has 2 aromatic heterocycles. The van der Waals surface area contributed by atoms with Gasteiger partial charge in [-0.25, -0.2) is 0 Å². The molecule has 5 nitrogen and oxygen atoms in total. The summed E-state index contributed by atoms with van der Waals surface area (Å²) in [6.45, 7) is 5.46. The monoisotopic (exact) mass is 360 g/mol. The van der Waals surface area contributed by atoms with E-state index in [1.54, 1.807) is 24.4 Å². The first-order valence-electron chi connectivity index (χ1n) is 8.03. The molecule has 3 heterocycles. The van der Waals surface area contributed by atoms with Crippen molar-refractivity contribution in [1.29, 1.82) is 0 Å². The third-order valence-corrected chi connectivity index (χ3v) is 4.30. The van der Waals surface area contributed by atoms with Crippen molar-refractivity contribution in [3.63, 3.8) is 0 Å². The number of rotatable bonds is 4. The summed E-state index contributed by atoms with van der Waals surface area (Å²) in [6, 6.07) is 7.72. The normalized spacial score (nSPS) is 15.0. The predicted octanol–water partition coefficient (Wildman–Crippen LogP) is 3.78. The van der Waals surface area contributed by atoms with Gasteiger partial charge in [-0.05, 0) is 30.3 Å². The van der Waals surface area contributed by atoms with Gasteiger partial charge in [-0.1, -0.05) is 12.7 Å². The summed E-state index contributed by atoms with van der Waals surface area (Å²) in [5, 5.41) is 7.91. The number of hydrogen-bond acceptors (Lipinski definition) is 4. The first-order valence-corrected chi connectivity index (χ1v) is 8.03. The highest BCUT2D eigenvalue weighted by molar-refractivity contribution is 5.94. The molecular weight excluding hydrogens is 345 g/mol. The quantitative estimate of drug-likeness (QED) is 0.769. The van der Waals surface area contributed by atoms with E-state index in [1.165, 1.54) is 12.1 Å². The minimum Gasteiger partial charge on any atom is -0.406 e. The summed E-state index contributed by atoms with van der Waals surface area (Å²) >= 11 is 0. The van der Waals surface area contributed by atoms with Crippen LogP contribution < -0.4 is 10.1 Å². The minimum atomic E-state index is -4.71. The lowest BCUT2D eigenvalue weighted by Gasteiger charge is -2.28.